The molecule has 166 valence electrons. The van der Waals surface area contributed by atoms with Gasteiger partial charge in [-0.2, -0.15) is 5.10 Å². The van der Waals surface area contributed by atoms with Crippen molar-refractivity contribution in [3.63, 3.8) is 0 Å². The van der Waals surface area contributed by atoms with E-state index in [2.05, 4.69) is 34.8 Å². The molecule has 2 amide bonds. The maximum atomic E-state index is 13.1. The first-order valence-corrected chi connectivity index (χ1v) is 11.9. The van der Waals surface area contributed by atoms with E-state index in [1.165, 1.54) is 6.42 Å². The predicted octanol–water partition coefficient (Wildman–Crippen LogP) is 3.55. The molecule has 0 aromatic carbocycles. The number of aromatic nitrogens is 2. The van der Waals surface area contributed by atoms with Crippen LogP contribution in [0.5, 0.6) is 0 Å². The number of aryl methyl sites for hydroxylation is 3. The van der Waals surface area contributed by atoms with Crippen LogP contribution in [-0.2, 0) is 16.1 Å². The van der Waals surface area contributed by atoms with Crippen molar-refractivity contribution in [1.82, 2.24) is 19.6 Å². The molecule has 4 rings (SSSR count). The van der Waals surface area contributed by atoms with Crippen LogP contribution < -0.4 is 0 Å². The molecule has 0 saturated carbocycles. The summed E-state index contributed by atoms with van der Waals surface area (Å²) in [7, 11) is 0. The average molecular weight is 415 g/mol. The molecule has 3 aliphatic heterocycles. The van der Waals surface area contributed by atoms with E-state index in [0.29, 0.717) is 55.1 Å². The van der Waals surface area contributed by atoms with Gasteiger partial charge in [-0.25, -0.2) is 0 Å². The lowest BCUT2D eigenvalue weighted by atomic mass is 9.70. The highest BCUT2D eigenvalue weighted by Gasteiger charge is 2.49. The van der Waals surface area contributed by atoms with Gasteiger partial charge in [0.2, 0.25) is 11.8 Å². The first kappa shape index (κ1) is 21.4. The van der Waals surface area contributed by atoms with Crippen molar-refractivity contribution in [2.24, 2.45) is 17.8 Å². The van der Waals surface area contributed by atoms with Gasteiger partial charge in [-0.05, 0) is 69.8 Å². The fourth-order valence-electron chi connectivity index (χ4n) is 6.12. The van der Waals surface area contributed by atoms with Crippen molar-refractivity contribution < 1.29 is 9.59 Å². The number of hydrogen-bond donors (Lipinski definition) is 0. The first-order chi connectivity index (χ1) is 14.3. The standard InChI is InChI=1S/C24H38N4O2/c1-16(2)8-9-22-20-13-19(21-6-5-7-24(30)28(21)22)14-26(15-20)23(29)10-11-27-18(4)12-17(3)25-27/h12,16,19-22H,5-11,13-15H2,1-4H3/t19-,20+,21+,22+/m1/s1. The van der Waals surface area contributed by atoms with Gasteiger partial charge in [0.1, 0.15) is 0 Å². The number of carbonyl (C=O) groups excluding carboxylic acids is 2. The average Bonchev–Trinajstić information content (AvgIpc) is 3.03. The maximum Gasteiger partial charge on any atom is 0.224 e. The number of piperidine rings is 3. The van der Waals surface area contributed by atoms with Crippen molar-refractivity contribution in [2.75, 3.05) is 13.1 Å². The summed E-state index contributed by atoms with van der Waals surface area (Å²) in [6.45, 7) is 10.8. The van der Waals surface area contributed by atoms with Crippen LogP contribution in [0.3, 0.4) is 0 Å². The van der Waals surface area contributed by atoms with E-state index < -0.39 is 0 Å². The Kier molecular flexibility index (Phi) is 6.21. The zero-order chi connectivity index (χ0) is 21.4. The van der Waals surface area contributed by atoms with Crippen molar-refractivity contribution in [3.8, 4) is 0 Å². The van der Waals surface area contributed by atoms with Gasteiger partial charge in [-0.1, -0.05) is 13.8 Å². The molecule has 0 unspecified atom stereocenters. The highest BCUT2D eigenvalue weighted by molar-refractivity contribution is 5.78. The van der Waals surface area contributed by atoms with Crippen LogP contribution in [0.4, 0.5) is 0 Å². The van der Waals surface area contributed by atoms with E-state index in [0.717, 1.165) is 50.2 Å². The fourth-order valence-corrected chi connectivity index (χ4v) is 6.12. The molecule has 0 N–H and O–H groups in total. The van der Waals surface area contributed by atoms with Gasteiger partial charge >= 0.3 is 0 Å². The first-order valence-electron chi connectivity index (χ1n) is 11.9. The zero-order valence-corrected chi connectivity index (χ0v) is 19.1. The molecular weight excluding hydrogens is 376 g/mol. The number of rotatable bonds is 6. The number of likely N-dealkylation sites (tertiary alicyclic amines) is 1. The molecule has 30 heavy (non-hydrogen) atoms. The molecule has 0 radical (unpaired) electrons. The molecule has 3 fully saturated rings. The van der Waals surface area contributed by atoms with Crippen LogP contribution in [0.25, 0.3) is 0 Å². The minimum Gasteiger partial charge on any atom is -0.342 e. The second kappa shape index (κ2) is 8.72. The maximum absolute atomic E-state index is 13.1. The highest BCUT2D eigenvalue weighted by Crippen LogP contribution is 2.43. The third-order valence-corrected chi connectivity index (χ3v) is 7.53. The topological polar surface area (TPSA) is 58.4 Å². The van der Waals surface area contributed by atoms with E-state index >= 15 is 0 Å². The van der Waals surface area contributed by atoms with Gasteiger partial charge in [0.25, 0.3) is 0 Å². The molecule has 4 atom stereocenters. The quantitative estimate of drug-likeness (QED) is 0.715. The van der Waals surface area contributed by atoms with E-state index in [1.807, 2.05) is 18.5 Å². The minimum atomic E-state index is 0.246. The Hall–Kier alpha value is -1.85. The number of amides is 2. The zero-order valence-electron chi connectivity index (χ0n) is 19.1. The lowest BCUT2D eigenvalue weighted by Gasteiger charge is -2.57. The van der Waals surface area contributed by atoms with Crippen molar-refractivity contribution in [2.45, 2.75) is 91.3 Å². The largest absolute Gasteiger partial charge is 0.342 e. The predicted molar refractivity (Wildman–Crippen MR) is 117 cm³/mol. The molecule has 6 nitrogen and oxygen atoms in total. The molecule has 3 saturated heterocycles. The van der Waals surface area contributed by atoms with E-state index in [1.54, 1.807) is 0 Å². The Labute approximate surface area is 181 Å². The van der Waals surface area contributed by atoms with Gasteiger partial charge < -0.3 is 9.80 Å². The van der Waals surface area contributed by atoms with E-state index in [4.69, 9.17) is 0 Å². The third kappa shape index (κ3) is 4.28. The minimum absolute atomic E-state index is 0.246. The number of fused-ring (bicyclic) bond motifs is 4. The van der Waals surface area contributed by atoms with E-state index in [9.17, 15) is 9.59 Å². The molecule has 3 aliphatic rings. The normalized spacial score (nSPS) is 28.8. The summed E-state index contributed by atoms with van der Waals surface area (Å²) in [5.74, 6) is 2.12. The summed E-state index contributed by atoms with van der Waals surface area (Å²) >= 11 is 0. The molecule has 0 aliphatic carbocycles. The van der Waals surface area contributed by atoms with Crippen LogP contribution in [-0.4, -0.2) is 56.6 Å². The smallest absolute Gasteiger partial charge is 0.224 e. The van der Waals surface area contributed by atoms with Crippen LogP contribution in [0.2, 0.25) is 0 Å². The van der Waals surface area contributed by atoms with Crippen molar-refractivity contribution in [3.05, 3.63) is 17.5 Å². The molecule has 6 heteroatoms. The van der Waals surface area contributed by atoms with Crippen LogP contribution >= 0.6 is 0 Å². The SMILES string of the molecule is Cc1cc(C)n(CCC(=O)N2C[C@H]3C[C@@H](C2)[C@H](CCC(C)C)N2C(=O)CCC[C@@H]32)n1. The Balaban J connectivity index is 1.46. The van der Waals surface area contributed by atoms with Gasteiger partial charge in [0, 0.05) is 50.3 Å². The number of hydrogen-bond acceptors (Lipinski definition) is 3. The Bertz CT molecular complexity index is 786. The second-order valence-electron chi connectivity index (χ2n) is 10.3. The lowest BCUT2D eigenvalue weighted by Crippen LogP contribution is -2.65. The molecule has 1 aromatic heterocycles. The summed E-state index contributed by atoms with van der Waals surface area (Å²) in [6.07, 6.45) is 6.72. The molecule has 4 heterocycles. The summed E-state index contributed by atoms with van der Waals surface area (Å²) < 4.78 is 1.95. The lowest BCUT2D eigenvalue weighted by molar-refractivity contribution is -0.156. The summed E-state index contributed by atoms with van der Waals surface area (Å²) in [6, 6.07) is 2.71. The Morgan fingerprint density at radius 3 is 2.70 bits per heavy atom. The fraction of sp³-hybridized carbons (Fsp3) is 0.792. The number of nitrogens with zero attached hydrogens (tertiary/aromatic N) is 4. The second-order valence-corrected chi connectivity index (χ2v) is 10.3. The third-order valence-electron chi connectivity index (χ3n) is 7.53. The Morgan fingerprint density at radius 1 is 1.23 bits per heavy atom. The highest BCUT2D eigenvalue weighted by atomic mass is 16.2. The summed E-state index contributed by atoms with van der Waals surface area (Å²) in [5, 5.41) is 4.50. The van der Waals surface area contributed by atoms with Gasteiger partial charge in [0.05, 0.1) is 5.69 Å². The molecule has 2 bridgehead atoms. The van der Waals surface area contributed by atoms with Gasteiger partial charge in [0.15, 0.2) is 0 Å². The monoisotopic (exact) mass is 414 g/mol. The number of carbonyl (C=O) groups is 2. The van der Waals surface area contributed by atoms with Crippen LogP contribution in [0.1, 0.15) is 70.2 Å². The summed E-state index contributed by atoms with van der Waals surface area (Å²) in [5.41, 5.74) is 2.11. The van der Waals surface area contributed by atoms with Gasteiger partial charge in [-0.3, -0.25) is 14.3 Å². The van der Waals surface area contributed by atoms with Gasteiger partial charge in [-0.15, -0.1) is 0 Å². The van der Waals surface area contributed by atoms with E-state index in [-0.39, 0.29) is 5.91 Å². The molecular formula is C24H38N4O2. The van der Waals surface area contributed by atoms with Crippen molar-refractivity contribution >= 4 is 11.8 Å². The summed E-state index contributed by atoms with van der Waals surface area (Å²) in [4.78, 5) is 30.4. The molecule has 1 aromatic rings. The van der Waals surface area contributed by atoms with Crippen molar-refractivity contribution in [1.29, 1.82) is 0 Å². The van der Waals surface area contributed by atoms with Crippen LogP contribution in [0.15, 0.2) is 6.07 Å². The Morgan fingerprint density at radius 2 is 2.00 bits per heavy atom. The van der Waals surface area contributed by atoms with Crippen LogP contribution in [0, 0.1) is 31.6 Å². The molecule has 0 spiro atoms.